The number of nitrogens with zero attached hydrogens (tertiary/aromatic N) is 1. The van der Waals surface area contributed by atoms with E-state index in [1.165, 1.54) is 4.90 Å². The average Bonchev–Trinajstić information content (AvgIpc) is 2.55. The van der Waals surface area contributed by atoms with E-state index in [2.05, 4.69) is 0 Å². The van der Waals surface area contributed by atoms with Crippen LogP contribution in [0.15, 0.2) is 42.5 Å². The molecule has 2 N–H and O–H groups in total. The SMILES string of the molecule is CN(C(=O)c1ccc2ccccc2c1)[C@@H]1COC[C@@H](O)[C@H]1O. The van der Waals surface area contributed by atoms with Crippen molar-refractivity contribution in [3.05, 3.63) is 48.0 Å². The predicted octanol–water partition coefficient (Wildman–Crippen LogP) is 1.03. The van der Waals surface area contributed by atoms with E-state index in [-0.39, 0.29) is 19.1 Å². The van der Waals surface area contributed by atoms with Crippen LogP contribution in [0, 0.1) is 0 Å². The first-order valence-corrected chi connectivity index (χ1v) is 7.28. The summed E-state index contributed by atoms with van der Waals surface area (Å²) >= 11 is 0. The maximum atomic E-state index is 12.6. The summed E-state index contributed by atoms with van der Waals surface area (Å²) in [7, 11) is 1.62. The Kier molecular flexibility index (Phi) is 4.11. The number of carbonyl (C=O) groups excluding carboxylic acids is 1. The lowest BCUT2D eigenvalue weighted by Gasteiger charge is -2.37. The first-order valence-electron chi connectivity index (χ1n) is 7.28. The van der Waals surface area contributed by atoms with Gasteiger partial charge in [-0.05, 0) is 22.9 Å². The number of likely N-dealkylation sites (N-methyl/N-ethyl adjacent to an activating group) is 1. The van der Waals surface area contributed by atoms with Crippen LogP contribution in [0.4, 0.5) is 0 Å². The van der Waals surface area contributed by atoms with E-state index in [9.17, 15) is 15.0 Å². The van der Waals surface area contributed by atoms with E-state index in [1.807, 2.05) is 36.4 Å². The summed E-state index contributed by atoms with van der Waals surface area (Å²) in [5, 5.41) is 21.8. The van der Waals surface area contributed by atoms with Gasteiger partial charge in [0.25, 0.3) is 5.91 Å². The van der Waals surface area contributed by atoms with Crippen molar-refractivity contribution in [3.63, 3.8) is 0 Å². The van der Waals surface area contributed by atoms with Gasteiger partial charge in [-0.1, -0.05) is 30.3 Å². The Morgan fingerprint density at radius 2 is 1.86 bits per heavy atom. The molecular weight excluding hydrogens is 282 g/mol. The van der Waals surface area contributed by atoms with E-state index in [0.29, 0.717) is 5.56 Å². The first kappa shape index (κ1) is 15.0. The van der Waals surface area contributed by atoms with Gasteiger partial charge in [-0.3, -0.25) is 4.79 Å². The topological polar surface area (TPSA) is 70.0 Å². The maximum Gasteiger partial charge on any atom is 0.254 e. The van der Waals surface area contributed by atoms with E-state index < -0.39 is 18.2 Å². The highest BCUT2D eigenvalue weighted by Gasteiger charge is 2.36. The van der Waals surface area contributed by atoms with E-state index in [4.69, 9.17) is 4.74 Å². The van der Waals surface area contributed by atoms with Crippen molar-refractivity contribution in [1.82, 2.24) is 4.90 Å². The smallest absolute Gasteiger partial charge is 0.254 e. The third-order valence-electron chi connectivity index (χ3n) is 4.18. The third kappa shape index (κ3) is 2.70. The van der Waals surface area contributed by atoms with Crippen molar-refractivity contribution in [2.75, 3.05) is 20.3 Å². The first-order chi connectivity index (χ1) is 10.6. The molecule has 3 rings (SSSR count). The maximum absolute atomic E-state index is 12.6. The molecule has 1 aliphatic rings. The highest BCUT2D eigenvalue weighted by atomic mass is 16.5. The number of aliphatic hydroxyl groups excluding tert-OH is 2. The van der Waals surface area contributed by atoms with Gasteiger partial charge in [0.2, 0.25) is 0 Å². The van der Waals surface area contributed by atoms with Gasteiger partial charge in [0.15, 0.2) is 0 Å². The summed E-state index contributed by atoms with van der Waals surface area (Å²) < 4.78 is 5.24. The Balaban J connectivity index is 1.85. The van der Waals surface area contributed by atoms with Gasteiger partial charge in [-0.15, -0.1) is 0 Å². The van der Waals surface area contributed by atoms with Crippen molar-refractivity contribution >= 4 is 16.7 Å². The quantitative estimate of drug-likeness (QED) is 0.869. The van der Waals surface area contributed by atoms with Crippen LogP contribution in [0.25, 0.3) is 10.8 Å². The number of benzene rings is 2. The second-order valence-corrected chi connectivity index (χ2v) is 5.64. The van der Waals surface area contributed by atoms with Crippen LogP contribution in [0.5, 0.6) is 0 Å². The van der Waals surface area contributed by atoms with Crippen LogP contribution in [-0.2, 0) is 4.74 Å². The Morgan fingerprint density at radius 3 is 2.64 bits per heavy atom. The molecule has 0 unspecified atom stereocenters. The van der Waals surface area contributed by atoms with Crippen molar-refractivity contribution in [2.45, 2.75) is 18.2 Å². The monoisotopic (exact) mass is 301 g/mol. The van der Waals surface area contributed by atoms with Gasteiger partial charge >= 0.3 is 0 Å². The van der Waals surface area contributed by atoms with Crippen LogP contribution in [-0.4, -0.2) is 59.5 Å². The molecule has 3 atom stereocenters. The lowest BCUT2D eigenvalue weighted by atomic mass is 10.0. The summed E-state index contributed by atoms with van der Waals surface area (Å²) in [6, 6.07) is 12.8. The number of hydrogen-bond donors (Lipinski definition) is 2. The molecule has 0 saturated carbocycles. The number of aliphatic hydroxyl groups is 2. The molecule has 1 aliphatic heterocycles. The highest BCUT2D eigenvalue weighted by Crippen LogP contribution is 2.20. The molecule has 1 heterocycles. The Bertz CT molecular complexity index is 687. The minimum absolute atomic E-state index is 0.0929. The predicted molar refractivity (Wildman–Crippen MR) is 82.7 cm³/mol. The van der Waals surface area contributed by atoms with Crippen molar-refractivity contribution in [2.24, 2.45) is 0 Å². The largest absolute Gasteiger partial charge is 0.388 e. The number of fused-ring (bicyclic) bond motifs is 1. The fourth-order valence-corrected chi connectivity index (χ4v) is 2.78. The highest BCUT2D eigenvalue weighted by molar-refractivity contribution is 5.98. The Morgan fingerprint density at radius 1 is 1.14 bits per heavy atom. The summed E-state index contributed by atoms with van der Waals surface area (Å²) in [5.41, 5.74) is 0.550. The van der Waals surface area contributed by atoms with Gasteiger partial charge in [-0.2, -0.15) is 0 Å². The molecule has 5 nitrogen and oxygen atoms in total. The van der Waals surface area contributed by atoms with Gasteiger partial charge in [-0.25, -0.2) is 0 Å². The zero-order chi connectivity index (χ0) is 15.7. The lowest BCUT2D eigenvalue weighted by Crippen LogP contribution is -2.56. The molecule has 2 aromatic rings. The molecule has 5 heteroatoms. The number of rotatable bonds is 2. The molecular formula is C17H19NO4. The molecule has 1 saturated heterocycles. The van der Waals surface area contributed by atoms with Crippen LogP contribution in [0.2, 0.25) is 0 Å². The van der Waals surface area contributed by atoms with Crippen molar-refractivity contribution in [1.29, 1.82) is 0 Å². The van der Waals surface area contributed by atoms with Crippen LogP contribution in [0.3, 0.4) is 0 Å². The average molecular weight is 301 g/mol. The molecule has 0 spiro atoms. The molecule has 22 heavy (non-hydrogen) atoms. The number of ether oxygens (including phenoxy) is 1. The molecule has 1 fully saturated rings. The van der Waals surface area contributed by atoms with Gasteiger partial charge in [0.05, 0.1) is 19.3 Å². The fraction of sp³-hybridized carbons (Fsp3) is 0.353. The minimum Gasteiger partial charge on any atom is -0.388 e. The Hall–Kier alpha value is -1.95. The third-order valence-corrected chi connectivity index (χ3v) is 4.18. The van der Waals surface area contributed by atoms with Crippen molar-refractivity contribution < 1.29 is 19.7 Å². The summed E-state index contributed by atoms with van der Waals surface area (Å²) in [6.45, 7) is 0.309. The Labute approximate surface area is 128 Å². The molecule has 1 amide bonds. The second-order valence-electron chi connectivity index (χ2n) is 5.64. The lowest BCUT2D eigenvalue weighted by molar-refractivity contribution is -0.122. The van der Waals surface area contributed by atoms with Gasteiger partial charge < -0.3 is 19.8 Å². The normalized spacial score (nSPS) is 25.1. The van der Waals surface area contributed by atoms with E-state index in [0.717, 1.165) is 10.8 Å². The molecule has 0 radical (unpaired) electrons. The molecule has 0 aromatic heterocycles. The molecule has 116 valence electrons. The number of amides is 1. The molecule has 0 aliphatic carbocycles. The zero-order valence-electron chi connectivity index (χ0n) is 12.3. The molecule has 2 aromatic carbocycles. The number of carbonyl (C=O) groups is 1. The summed E-state index contributed by atoms with van der Waals surface area (Å²) in [4.78, 5) is 14.1. The van der Waals surface area contributed by atoms with Crippen molar-refractivity contribution in [3.8, 4) is 0 Å². The standard InChI is InChI=1S/C17H19NO4/c1-18(14-9-22-10-15(19)16(14)20)17(21)13-7-6-11-4-2-3-5-12(11)8-13/h2-8,14-16,19-20H,9-10H2,1H3/t14-,15-,16+/m1/s1. The number of hydrogen-bond acceptors (Lipinski definition) is 4. The summed E-state index contributed by atoms with van der Waals surface area (Å²) in [6.07, 6.45) is -1.96. The minimum atomic E-state index is -0.997. The fourth-order valence-electron chi connectivity index (χ4n) is 2.78. The van der Waals surface area contributed by atoms with E-state index in [1.54, 1.807) is 13.1 Å². The van der Waals surface area contributed by atoms with Gasteiger partial charge in [0.1, 0.15) is 12.2 Å². The van der Waals surface area contributed by atoms with Crippen LogP contribution >= 0.6 is 0 Å². The van der Waals surface area contributed by atoms with Gasteiger partial charge in [0, 0.05) is 12.6 Å². The summed E-state index contributed by atoms with van der Waals surface area (Å²) in [5.74, 6) is -0.201. The van der Waals surface area contributed by atoms with Crippen LogP contribution in [0.1, 0.15) is 10.4 Å². The molecule has 0 bridgehead atoms. The van der Waals surface area contributed by atoms with E-state index >= 15 is 0 Å². The second kappa shape index (κ2) is 6.04. The zero-order valence-corrected chi connectivity index (χ0v) is 12.3. The van der Waals surface area contributed by atoms with Crippen LogP contribution < -0.4 is 0 Å².